The van der Waals surface area contributed by atoms with Crippen molar-refractivity contribution in [2.75, 3.05) is 55.5 Å². The lowest BCUT2D eigenvalue weighted by molar-refractivity contribution is -0.310. The molecule has 6 fully saturated rings. The lowest BCUT2D eigenvalue weighted by Crippen LogP contribution is -2.65. The number of likely N-dealkylation sites (tertiary alicyclic amines) is 2. The zero-order valence-corrected chi connectivity index (χ0v) is 70.7. The number of phenols is 1. The minimum absolute atomic E-state index is 0.0130. The van der Waals surface area contributed by atoms with Crippen molar-refractivity contribution in [3.05, 3.63) is 28.8 Å². The highest BCUT2D eigenvalue weighted by atomic mass is 16.7. The third-order valence-corrected chi connectivity index (χ3v) is 24.8. The SMILES string of the molecule is CCCCC(Cc1cc(C(C)(C)C)c(O)c(C(C)(C)C)c1)(C(=O)OC1CC(C)(C)N(C)C(C)(C)C1)C(=O)OC1CC(C)(C)N(C)C(C)(C)C1.CCCCN(c1nc(NCCO)nc(N(CCCC)C2CC(C)(C)N(OC3CCCCC3)C(C)(C)C2)n1)C1CC(C)(C)N(OC2CCCCC2)C(C)(C)C1. The summed E-state index contributed by atoms with van der Waals surface area (Å²) >= 11 is 0. The van der Waals surface area contributed by atoms with Gasteiger partial charge in [0.25, 0.3) is 0 Å². The smallest absolute Gasteiger partial charge is 0.324 e. The highest BCUT2D eigenvalue weighted by molar-refractivity contribution is 6.00. The molecule has 0 radical (unpaired) electrons. The number of hydrogen-bond donors (Lipinski definition) is 3. The van der Waals surface area contributed by atoms with E-state index in [2.05, 4.69) is 222 Å². The Morgan fingerprint density at radius 1 is 0.505 bits per heavy atom. The van der Waals surface area contributed by atoms with Gasteiger partial charge in [0.05, 0.1) is 18.8 Å². The van der Waals surface area contributed by atoms with Crippen molar-refractivity contribution < 1.29 is 39.0 Å². The van der Waals surface area contributed by atoms with Gasteiger partial charge in [0.1, 0.15) is 18.0 Å². The van der Waals surface area contributed by atoms with E-state index in [-0.39, 0.29) is 98.2 Å². The molecule has 2 saturated carbocycles. The maximum atomic E-state index is 15.0. The number of carbonyl (C=O) groups is 2. The number of nitrogens with one attached hydrogen (secondary N) is 1. The van der Waals surface area contributed by atoms with Crippen molar-refractivity contribution in [3.8, 4) is 5.75 Å². The van der Waals surface area contributed by atoms with Crippen LogP contribution in [0.5, 0.6) is 5.75 Å². The number of phenolic OH excluding ortho intramolecular Hbond substituents is 1. The van der Waals surface area contributed by atoms with Crippen LogP contribution >= 0.6 is 0 Å². The summed E-state index contributed by atoms with van der Waals surface area (Å²) in [6.07, 6.45) is 25.1. The first kappa shape index (κ1) is 86.3. The van der Waals surface area contributed by atoms with E-state index in [1.54, 1.807) is 0 Å². The molecule has 103 heavy (non-hydrogen) atoms. The molecular formula is C85H152N10O8. The van der Waals surface area contributed by atoms with Gasteiger partial charge in [-0.05, 0) is 229 Å². The topological polar surface area (TPSA) is 182 Å². The summed E-state index contributed by atoms with van der Waals surface area (Å²) in [5.74, 6) is 1.33. The molecule has 5 heterocycles. The monoisotopic (exact) mass is 1440 g/mol. The average molecular weight is 1440 g/mol. The molecule has 3 N–H and O–H groups in total. The van der Waals surface area contributed by atoms with Crippen LogP contribution in [0.3, 0.4) is 0 Å². The summed E-state index contributed by atoms with van der Waals surface area (Å²) in [5, 5.41) is 29.4. The van der Waals surface area contributed by atoms with Crippen molar-refractivity contribution in [3.63, 3.8) is 0 Å². The molecule has 0 atom stereocenters. The Bertz CT molecular complexity index is 2810. The first-order chi connectivity index (χ1) is 47.6. The van der Waals surface area contributed by atoms with Crippen molar-refractivity contribution in [2.24, 2.45) is 5.41 Å². The Kier molecular flexibility index (Phi) is 28.4. The summed E-state index contributed by atoms with van der Waals surface area (Å²) in [4.78, 5) is 69.2. The molecule has 2 aromatic rings. The third-order valence-electron chi connectivity index (χ3n) is 24.8. The summed E-state index contributed by atoms with van der Waals surface area (Å²) in [6.45, 7) is 57.6. The average Bonchev–Trinajstić information content (AvgIpc) is 0.768. The molecule has 0 amide bonds. The number of ether oxygens (including phenoxy) is 2. The zero-order chi connectivity index (χ0) is 76.9. The Morgan fingerprint density at radius 2 is 0.845 bits per heavy atom. The van der Waals surface area contributed by atoms with Gasteiger partial charge in [-0.25, -0.2) is 0 Å². The molecule has 1 aromatic carbocycles. The third kappa shape index (κ3) is 21.3. The van der Waals surface area contributed by atoms with Gasteiger partial charge in [0.15, 0.2) is 5.41 Å². The number of aliphatic hydroxyl groups is 1. The summed E-state index contributed by atoms with van der Waals surface area (Å²) < 4.78 is 13.1. The number of piperidine rings is 4. The van der Waals surface area contributed by atoms with E-state index in [9.17, 15) is 19.8 Å². The summed E-state index contributed by atoms with van der Waals surface area (Å²) in [7, 11) is 4.27. The number of hydrogen-bond acceptors (Lipinski definition) is 18. The van der Waals surface area contributed by atoms with E-state index < -0.39 is 17.4 Å². The van der Waals surface area contributed by atoms with Crippen LogP contribution in [0.25, 0.3) is 0 Å². The van der Waals surface area contributed by atoms with Gasteiger partial charge in [-0.3, -0.25) is 29.1 Å². The first-order valence-electron chi connectivity index (χ1n) is 41.0. The number of aliphatic hydroxyl groups excluding tert-OH is 1. The molecule has 1 aromatic heterocycles. The molecule has 0 unspecified atom stereocenters. The van der Waals surface area contributed by atoms with Crippen LogP contribution < -0.4 is 15.1 Å². The molecule has 6 aliphatic rings. The molecule has 2 aliphatic carbocycles. The van der Waals surface area contributed by atoms with Gasteiger partial charge in [0, 0.05) is 102 Å². The molecule has 0 spiro atoms. The lowest BCUT2D eigenvalue weighted by atomic mass is 9.73. The van der Waals surface area contributed by atoms with Gasteiger partial charge in [-0.1, -0.05) is 139 Å². The fourth-order valence-corrected chi connectivity index (χ4v) is 19.0. The molecule has 18 nitrogen and oxygen atoms in total. The minimum atomic E-state index is -1.54. The van der Waals surface area contributed by atoms with Gasteiger partial charge in [-0.2, -0.15) is 25.1 Å². The van der Waals surface area contributed by atoms with Gasteiger partial charge in [-0.15, -0.1) is 0 Å². The lowest BCUT2D eigenvalue weighted by Gasteiger charge is -2.57. The molecule has 590 valence electrons. The second kappa shape index (κ2) is 33.9. The van der Waals surface area contributed by atoms with E-state index in [1.807, 2.05) is 12.1 Å². The van der Waals surface area contributed by atoms with Crippen LogP contribution in [0.1, 0.15) is 350 Å². The van der Waals surface area contributed by atoms with Gasteiger partial charge >= 0.3 is 11.9 Å². The van der Waals surface area contributed by atoms with Crippen LogP contribution in [0.2, 0.25) is 0 Å². The second-order valence-electron chi connectivity index (χ2n) is 39.8. The summed E-state index contributed by atoms with van der Waals surface area (Å²) in [6, 6.07) is 4.46. The highest BCUT2D eigenvalue weighted by Crippen LogP contribution is 2.49. The molecule has 4 saturated heterocycles. The molecule has 8 rings (SSSR count). The largest absolute Gasteiger partial charge is 0.507 e. The Labute approximate surface area is 627 Å². The Balaban J connectivity index is 0.000000290. The minimum Gasteiger partial charge on any atom is -0.507 e. The standard InChI is InChI=1S/C43H80N8O3.C42H72N2O5/c1-11-13-26-48(33-29-40(3,4)50(41(5,6)30-33)53-35-21-17-15-18-22-35)38-45-37(44-25-28-52)46-39(47-38)49(27-14-12-2)34-31-42(7,8)51(43(9,10)32-34)54-36-23-19-16-20-24-36;1-18-19-20-42(34(46)48-29-24-38(8,9)43(16)39(10,11)25-29,35(47)49-30-26-40(12,13)44(17)41(14,15)27-30)23-28-21-31(36(2,3)4)33(45)32(22-28)37(5,6)7/h33-36,52H,11-32H2,1-10H3,(H,44,45,46,47);21-22,29-30,45H,18-20,23-27H2,1-17H3. The Hall–Kier alpha value is -3.91. The van der Waals surface area contributed by atoms with E-state index in [1.165, 1.54) is 38.5 Å². The number of aromatic nitrogens is 3. The quantitative estimate of drug-likeness (QED) is 0.0597. The van der Waals surface area contributed by atoms with E-state index in [0.29, 0.717) is 63.2 Å². The van der Waals surface area contributed by atoms with Crippen LogP contribution in [0, 0.1) is 5.41 Å². The number of benzene rings is 1. The highest BCUT2D eigenvalue weighted by Gasteiger charge is 2.56. The molecule has 0 bridgehead atoms. The fourth-order valence-electron chi connectivity index (χ4n) is 19.0. The zero-order valence-electron chi connectivity index (χ0n) is 70.7. The maximum Gasteiger partial charge on any atom is 0.324 e. The van der Waals surface area contributed by atoms with Gasteiger partial charge < -0.3 is 34.8 Å². The number of hydroxylamine groups is 4. The number of nitrogens with zero attached hydrogens (tertiary/aromatic N) is 9. The number of aromatic hydroxyl groups is 1. The van der Waals surface area contributed by atoms with Crippen molar-refractivity contribution in [1.29, 1.82) is 0 Å². The molecular weight excluding hydrogens is 1290 g/mol. The number of unbranched alkanes of at least 4 members (excludes halogenated alkanes) is 3. The first-order valence-corrected chi connectivity index (χ1v) is 41.0. The van der Waals surface area contributed by atoms with Crippen LogP contribution in [-0.2, 0) is 46.0 Å². The molecule has 18 heteroatoms. The summed E-state index contributed by atoms with van der Waals surface area (Å²) in [5.41, 5.74) is -1.23. The maximum absolute atomic E-state index is 15.0. The van der Waals surface area contributed by atoms with Crippen LogP contribution in [0.15, 0.2) is 12.1 Å². The van der Waals surface area contributed by atoms with Crippen molar-refractivity contribution in [1.82, 2.24) is 34.9 Å². The number of anilines is 3. The van der Waals surface area contributed by atoms with E-state index >= 15 is 0 Å². The fraction of sp³-hybridized carbons (Fsp3) is 0.871. The van der Waals surface area contributed by atoms with E-state index in [4.69, 9.17) is 34.1 Å². The number of rotatable bonds is 26. The normalized spacial score (nSPS) is 23.3. The predicted octanol–water partition coefficient (Wildman–Crippen LogP) is 18.2. The predicted molar refractivity (Wildman–Crippen MR) is 423 cm³/mol. The number of carbonyl (C=O) groups excluding carboxylic acids is 2. The molecule has 4 aliphatic heterocycles. The second-order valence-corrected chi connectivity index (χ2v) is 39.8. The van der Waals surface area contributed by atoms with Crippen LogP contribution in [0.4, 0.5) is 17.8 Å². The number of esters is 2. The van der Waals surface area contributed by atoms with Crippen molar-refractivity contribution >= 4 is 29.8 Å². The van der Waals surface area contributed by atoms with Crippen LogP contribution in [-0.4, -0.2) is 178 Å². The Morgan fingerprint density at radius 3 is 1.16 bits per heavy atom. The van der Waals surface area contributed by atoms with Crippen molar-refractivity contribution in [2.45, 2.75) is 432 Å². The van der Waals surface area contributed by atoms with E-state index in [0.717, 1.165) is 125 Å². The van der Waals surface area contributed by atoms with Gasteiger partial charge in [0.2, 0.25) is 17.8 Å².